The van der Waals surface area contributed by atoms with Crippen LogP contribution in [0.5, 0.6) is 0 Å². The fourth-order valence-corrected chi connectivity index (χ4v) is 13.8. The van der Waals surface area contributed by atoms with Crippen LogP contribution in [-0.2, 0) is 14.2 Å². The van der Waals surface area contributed by atoms with Crippen LogP contribution in [-0.4, -0.2) is 97.4 Å². The molecule has 0 bridgehead atoms. The monoisotopic (exact) mass is 671 g/mol. The van der Waals surface area contributed by atoms with E-state index in [2.05, 4.69) is 65.6 Å². The largest absolute Gasteiger partial charge is 0.446 e. The molecule has 0 aromatic carbocycles. The number of rotatable bonds is 6. The molecule has 7 aliphatic rings. The van der Waals surface area contributed by atoms with Crippen LogP contribution in [0.25, 0.3) is 0 Å². The highest BCUT2D eigenvalue weighted by atomic mass is 16.6. The van der Waals surface area contributed by atoms with E-state index < -0.39 is 6.10 Å². The third-order valence-electron chi connectivity index (χ3n) is 16.4. The van der Waals surface area contributed by atoms with Crippen LogP contribution in [0.3, 0.4) is 0 Å². The maximum absolute atomic E-state index is 13.0. The molecule has 2 aliphatic heterocycles. The number of likely N-dealkylation sites (N-methyl/N-ethyl adjacent to an activating group) is 1. The fraction of sp³-hybridized carbons (Fsp3) is 0.949. The lowest BCUT2D eigenvalue weighted by atomic mass is 9.41. The second-order valence-corrected chi connectivity index (χ2v) is 19.1. The molecule has 2 amide bonds. The van der Waals surface area contributed by atoms with Crippen LogP contribution in [0, 0.1) is 56.7 Å². The molecular weight excluding hydrogens is 606 g/mol. The van der Waals surface area contributed by atoms with Crippen LogP contribution in [0.4, 0.5) is 9.59 Å². The number of aliphatic hydroxyl groups excluding tert-OH is 1. The van der Waals surface area contributed by atoms with Crippen molar-refractivity contribution in [1.29, 1.82) is 0 Å². The lowest BCUT2D eigenvalue weighted by molar-refractivity contribution is -0.185. The summed E-state index contributed by atoms with van der Waals surface area (Å²) >= 11 is 0. The number of nitrogens with one attached hydrogen (secondary N) is 1. The molecule has 0 aromatic rings. The van der Waals surface area contributed by atoms with Crippen LogP contribution in [0.2, 0.25) is 0 Å². The van der Waals surface area contributed by atoms with Crippen molar-refractivity contribution >= 4 is 12.2 Å². The first-order chi connectivity index (χ1) is 22.5. The minimum Gasteiger partial charge on any atom is -0.446 e. The van der Waals surface area contributed by atoms with Crippen molar-refractivity contribution < 1.29 is 28.9 Å². The molecule has 48 heavy (non-hydrogen) atoms. The van der Waals surface area contributed by atoms with Crippen molar-refractivity contribution in [1.82, 2.24) is 15.1 Å². The maximum atomic E-state index is 13.0. The smallest absolute Gasteiger partial charge is 0.409 e. The van der Waals surface area contributed by atoms with Gasteiger partial charge < -0.3 is 29.5 Å². The first kappa shape index (κ1) is 34.9. The number of alkyl carbamates (subject to hydrolysis) is 1. The van der Waals surface area contributed by atoms with Gasteiger partial charge in [0.1, 0.15) is 12.2 Å². The molecule has 13 atom stereocenters. The Balaban J connectivity index is 1.10. The number of carbonyl (C=O) groups excluding carboxylic acids is 2. The molecule has 7 fully saturated rings. The zero-order valence-corrected chi connectivity index (χ0v) is 31.5. The first-order valence-electron chi connectivity index (χ1n) is 19.4. The summed E-state index contributed by atoms with van der Waals surface area (Å²) in [5, 5.41) is 15.7. The number of aliphatic hydroxyl groups is 1. The van der Waals surface area contributed by atoms with Gasteiger partial charge in [-0.05, 0) is 104 Å². The lowest BCUT2D eigenvalue weighted by Crippen LogP contribution is -2.61. The van der Waals surface area contributed by atoms with Crippen molar-refractivity contribution in [3.05, 3.63) is 0 Å². The Labute approximate surface area is 289 Å². The number of hydrogen-bond acceptors (Lipinski definition) is 7. The molecule has 7 rings (SSSR count). The second kappa shape index (κ2) is 11.5. The molecule has 9 heteroatoms. The van der Waals surface area contributed by atoms with Crippen molar-refractivity contribution in [3.63, 3.8) is 0 Å². The standard InChI is InChI=1S/C39H65N3O6/c1-11-42-19-24(20-42)40-33(44)47-28-14-15-38-21-39(38)17-16-36(7)29-23(4)18-25(30(22(2)3)48-34(45)41(9)10)46-31(29)32(43)37(36,8)27(39)13-12-26(38)35(28,5)6/h22-32,43H,11-21H2,1-10H3,(H,40,44)/t23-,25-,26+,27+,28+,29+,30-,31+,32+,36-,37-,38-,39+/m1/s1. The molecule has 0 unspecified atom stereocenters. The highest BCUT2D eigenvalue weighted by Crippen LogP contribution is 2.89. The third-order valence-corrected chi connectivity index (χ3v) is 16.4. The van der Waals surface area contributed by atoms with E-state index in [0.717, 1.165) is 58.2 Å². The predicted octanol–water partition coefficient (Wildman–Crippen LogP) is 6.32. The van der Waals surface area contributed by atoms with E-state index in [-0.39, 0.29) is 81.6 Å². The Morgan fingerprint density at radius 2 is 1.69 bits per heavy atom. The summed E-state index contributed by atoms with van der Waals surface area (Å²) in [5.74, 6) is 1.70. The molecule has 2 spiro atoms. The van der Waals surface area contributed by atoms with Gasteiger partial charge in [0.2, 0.25) is 0 Å². The normalized spacial score (nSPS) is 48.1. The summed E-state index contributed by atoms with van der Waals surface area (Å²) in [7, 11) is 3.44. The number of fused-ring (bicyclic) bond motifs is 4. The Kier molecular flexibility index (Phi) is 8.32. The first-order valence-corrected chi connectivity index (χ1v) is 19.4. The Bertz CT molecular complexity index is 1280. The van der Waals surface area contributed by atoms with Gasteiger partial charge in [0.15, 0.2) is 0 Å². The van der Waals surface area contributed by atoms with Gasteiger partial charge in [0, 0.05) is 38.0 Å². The minimum absolute atomic E-state index is 0.0234. The molecular formula is C39H65N3O6. The van der Waals surface area contributed by atoms with Crippen LogP contribution >= 0.6 is 0 Å². The number of nitrogens with zero attached hydrogens (tertiary/aromatic N) is 2. The summed E-state index contributed by atoms with van der Waals surface area (Å²) in [6, 6.07) is 0.197. The van der Waals surface area contributed by atoms with E-state index in [0.29, 0.717) is 17.8 Å². The molecule has 9 nitrogen and oxygen atoms in total. The molecule has 2 saturated heterocycles. The average Bonchev–Trinajstić information content (AvgIpc) is 3.63. The van der Waals surface area contributed by atoms with Gasteiger partial charge in [0.25, 0.3) is 0 Å². The second-order valence-electron chi connectivity index (χ2n) is 19.1. The summed E-state index contributed by atoms with van der Waals surface area (Å²) in [6.45, 7) is 21.2. The van der Waals surface area contributed by atoms with Crippen molar-refractivity contribution in [2.24, 2.45) is 56.7 Å². The van der Waals surface area contributed by atoms with Gasteiger partial charge in [0.05, 0.1) is 24.4 Å². The van der Waals surface area contributed by atoms with Gasteiger partial charge in [-0.3, -0.25) is 4.90 Å². The van der Waals surface area contributed by atoms with Gasteiger partial charge in [-0.15, -0.1) is 0 Å². The van der Waals surface area contributed by atoms with E-state index >= 15 is 0 Å². The number of hydrogen-bond donors (Lipinski definition) is 2. The Morgan fingerprint density at radius 1 is 1.02 bits per heavy atom. The van der Waals surface area contributed by atoms with Crippen LogP contribution in [0.15, 0.2) is 0 Å². The topological polar surface area (TPSA) is 101 Å². The van der Waals surface area contributed by atoms with E-state index in [1.165, 1.54) is 17.7 Å². The highest BCUT2D eigenvalue weighted by molar-refractivity contribution is 5.68. The molecule has 5 saturated carbocycles. The van der Waals surface area contributed by atoms with Gasteiger partial charge in [-0.25, -0.2) is 9.59 Å². The van der Waals surface area contributed by atoms with Crippen molar-refractivity contribution in [3.8, 4) is 0 Å². The molecule has 0 radical (unpaired) electrons. The molecule has 272 valence electrons. The van der Waals surface area contributed by atoms with Crippen LogP contribution in [0.1, 0.15) is 107 Å². The molecule has 2 N–H and O–H groups in total. The van der Waals surface area contributed by atoms with Crippen molar-refractivity contribution in [2.75, 3.05) is 33.7 Å². The number of carbonyl (C=O) groups is 2. The van der Waals surface area contributed by atoms with E-state index in [1.54, 1.807) is 14.1 Å². The van der Waals surface area contributed by atoms with Gasteiger partial charge >= 0.3 is 12.2 Å². The Hall–Kier alpha value is -1.58. The number of ether oxygens (including phenoxy) is 3. The minimum atomic E-state index is -0.557. The fourth-order valence-electron chi connectivity index (χ4n) is 13.8. The zero-order valence-electron chi connectivity index (χ0n) is 31.5. The summed E-state index contributed by atoms with van der Waals surface area (Å²) < 4.78 is 19.2. The molecule has 0 aromatic heterocycles. The van der Waals surface area contributed by atoms with E-state index in [4.69, 9.17) is 14.2 Å². The highest BCUT2D eigenvalue weighted by Gasteiger charge is 2.84. The third kappa shape index (κ3) is 4.63. The predicted molar refractivity (Wildman–Crippen MR) is 184 cm³/mol. The van der Waals surface area contributed by atoms with Gasteiger partial charge in [-0.1, -0.05) is 55.4 Å². The lowest BCUT2D eigenvalue weighted by Gasteiger charge is -2.63. The van der Waals surface area contributed by atoms with E-state index in [9.17, 15) is 14.7 Å². The number of likely N-dealkylation sites (tertiary alicyclic amines) is 1. The van der Waals surface area contributed by atoms with Crippen LogP contribution < -0.4 is 5.32 Å². The summed E-state index contributed by atoms with van der Waals surface area (Å²) in [5.41, 5.74) is 0.136. The maximum Gasteiger partial charge on any atom is 0.409 e. The quantitative estimate of drug-likeness (QED) is 0.341. The summed E-state index contributed by atoms with van der Waals surface area (Å²) in [6.07, 6.45) is 6.64. The van der Waals surface area contributed by atoms with Crippen molar-refractivity contribution in [2.45, 2.75) is 143 Å². The SMILES string of the molecule is CCN1CC(NC(=O)O[C@H]2CC[C@]34C[C@]35CC[C@]3(C)[C@@H]6[C@H](O[C@@H]([C@H](OC(=O)N(C)C)C(C)C)C[C@H]6C)[C@H](O)[C@@]3(C)[C@@H]5CC[C@H]4C2(C)C)C1. The molecule has 5 aliphatic carbocycles. The summed E-state index contributed by atoms with van der Waals surface area (Å²) in [4.78, 5) is 29.5. The average molecular weight is 672 g/mol. The molecule has 2 heterocycles. The Morgan fingerprint density at radius 3 is 2.33 bits per heavy atom. The van der Waals surface area contributed by atoms with E-state index in [1.807, 2.05) is 0 Å². The van der Waals surface area contributed by atoms with Gasteiger partial charge in [-0.2, -0.15) is 0 Å². The zero-order chi connectivity index (χ0) is 34.8. The number of amides is 2.